The third-order valence-electron chi connectivity index (χ3n) is 4.19. The Morgan fingerprint density at radius 1 is 1.00 bits per heavy atom. The van der Waals surface area contributed by atoms with Gasteiger partial charge in [-0.1, -0.05) is 38.1 Å². The lowest BCUT2D eigenvalue weighted by molar-refractivity contribution is -0.122. The van der Waals surface area contributed by atoms with E-state index in [0.29, 0.717) is 23.4 Å². The topological polar surface area (TPSA) is 67.4 Å². The van der Waals surface area contributed by atoms with E-state index in [2.05, 4.69) is 17.6 Å². The highest BCUT2D eigenvalue weighted by Crippen LogP contribution is 2.19. The Kier molecular flexibility index (Phi) is 7.21. The lowest BCUT2D eigenvalue weighted by Crippen LogP contribution is -2.41. The van der Waals surface area contributed by atoms with Crippen molar-refractivity contribution >= 4 is 17.5 Å². The summed E-state index contributed by atoms with van der Waals surface area (Å²) in [4.78, 5) is 25.3. The van der Waals surface area contributed by atoms with Gasteiger partial charge in [-0.15, -0.1) is 0 Å². The van der Waals surface area contributed by atoms with Crippen LogP contribution in [0.2, 0.25) is 0 Å². The number of carbonyl (C=O) groups excluding carboxylic acids is 2. The minimum absolute atomic E-state index is 0.229. The highest BCUT2D eigenvalue weighted by Gasteiger charge is 2.22. The van der Waals surface area contributed by atoms with Crippen LogP contribution >= 0.6 is 0 Å². The zero-order valence-corrected chi connectivity index (χ0v) is 17.3. The molecule has 2 rings (SSSR count). The molecule has 0 radical (unpaired) electrons. The van der Waals surface area contributed by atoms with Crippen LogP contribution in [-0.2, 0) is 11.2 Å². The number of benzene rings is 2. The van der Waals surface area contributed by atoms with Gasteiger partial charge in [-0.2, -0.15) is 0 Å². The summed E-state index contributed by atoms with van der Waals surface area (Å²) >= 11 is 0. The van der Waals surface area contributed by atoms with Crippen LogP contribution in [0, 0.1) is 0 Å². The summed E-state index contributed by atoms with van der Waals surface area (Å²) in [6.45, 7) is 9.72. The Labute approximate surface area is 167 Å². The first-order valence-corrected chi connectivity index (χ1v) is 9.71. The molecule has 2 aromatic carbocycles. The Morgan fingerprint density at radius 2 is 1.64 bits per heavy atom. The molecule has 0 unspecified atom stereocenters. The number of anilines is 1. The summed E-state index contributed by atoms with van der Waals surface area (Å²) in [5.41, 5.74) is 1.74. The fourth-order valence-electron chi connectivity index (χ4n) is 2.70. The van der Waals surface area contributed by atoms with Gasteiger partial charge in [0.15, 0.2) is 6.10 Å². The number of amides is 2. The predicted molar refractivity (Wildman–Crippen MR) is 113 cm³/mol. The maximum atomic E-state index is 12.8. The monoisotopic (exact) mass is 382 g/mol. The molecule has 0 aliphatic heterocycles. The smallest absolute Gasteiger partial charge is 0.265 e. The van der Waals surface area contributed by atoms with Gasteiger partial charge in [0, 0.05) is 5.54 Å². The molecule has 0 aliphatic carbocycles. The zero-order valence-electron chi connectivity index (χ0n) is 17.3. The molecule has 0 fully saturated rings. The van der Waals surface area contributed by atoms with Crippen molar-refractivity contribution in [3.05, 3.63) is 59.7 Å². The molecule has 5 heteroatoms. The molecule has 1 atom stereocenters. The van der Waals surface area contributed by atoms with Crippen molar-refractivity contribution in [2.75, 3.05) is 5.32 Å². The second-order valence-corrected chi connectivity index (χ2v) is 7.75. The maximum absolute atomic E-state index is 12.8. The van der Waals surface area contributed by atoms with Gasteiger partial charge in [0.1, 0.15) is 5.75 Å². The lowest BCUT2D eigenvalue weighted by Gasteiger charge is -2.22. The van der Waals surface area contributed by atoms with Crippen LogP contribution in [0.1, 0.15) is 57.0 Å². The zero-order chi connectivity index (χ0) is 20.7. The van der Waals surface area contributed by atoms with E-state index in [4.69, 9.17) is 4.74 Å². The van der Waals surface area contributed by atoms with E-state index in [-0.39, 0.29) is 17.4 Å². The minimum atomic E-state index is -0.647. The van der Waals surface area contributed by atoms with Crippen molar-refractivity contribution in [3.63, 3.8) is 0 Å². The molecule has 0 heterocycles. The van der Waals surface area contributed by atoms with E-state index in [9.17, 15) is 9.59 Å². The molecule has 0 saturated heterocycles. The molecule has 0 spiro atoms. The standard InChI is InChI=1S/C23H30N2O3/c1-6-16-12-14-17(15-13-16)28-20(7-2)22(27)24-19-11-9-8-10-18(19)21(26)25-23(3,4)5/h8-15,20H,6-7H2,1-5H3,(H,24,27)(H,25,26)/t20-/m0/s1. The molecule has 2 N–H and O–H groups in total. The van der Waals surface area contributed by atoms with E-state index in [1.165, 1.54) is 5.56 Å². The average Bonchev–Trinajstić information content (AvgIpc) is 2.65. The van der Waals surface area contributed by atoms with Gasteiger partial charge in [0.25, 0.3) is 11.8 Å². The van der Waals surface area contributed by atoms with Gasteiger partial charge < -0.3 is 15.4 Å². The molecule has 0 bridgehead atoms. The summed E-state index contributed by atoms with van der Waals surface area (Å²) < 4.78 is 5.87. The number of ether oxygens (including phenoxy) is 1. The van der Waals surface area contributed by atoms with Gasteiger partial charge in [-0.25, -0.2) is 0 Å². The van der Waals surface area contributed by atoms with Crippen molar-refractivity contribution in [2.45, 2.75) is 59.1 Å². The van der Waals surface area contributed by atoms with Crippen LogP contribution in [0.3, 0.4) is 0 Å². The first kappa shape index (κ1) is 21.5. The number of aryl methyl sites for hydroxylation is 1. The number of hydrogen-bond donors (Lipinski definition) is 2. The molecule has 0 aromatic heterocycles. The lowest BCUT2D eigenvalue weighted by atomic mass is 10.1. The molecule has 5 nitrogen and oxygen atoms in total. The van der Waals surface area contributed by atoms with Crippen LogP contribution in [0.5, 0.6) is 5.75 Å². The maximum Gasteiger partial charge on any atom is 0.265 e. The van der Waals surface area contributed by atoms with Gasteiger partial charge in [0.05, 0.1) is 11.3 Å². The van der Waals surface area contributed by atoms with E-state index in [0.717, 1.165) is 6.42 Å². The fourth-order valence-corrected chi connectivity index (χ4v) is 2.70. The van der Waals surface area contributed by atoms with E-state index < -0.39 is 6.10 Å². The number of carbonyl (C=O) groups is 2. The Hall–Kier alpha value is -2.82. The Balaban J connectivity index is 2.12. The van der Waals surface area contributed by atoms with Crippen molar-refractivity contribution in [1.29, 1.82) is 0 Å². The third-order valence-corrected chi connectivity index (χ3v) is 4.19. The SMILES string of the molecule is CCc1ccc(O[C@@H](CC)C(=O)Nc2ccccc2C(=O)NC(C)(C)C)cc1. The quantitative estimate of drug-likeness (QED) is 0.737. The normalized spacial score (nSPS) is 12.2. The van der Waals surface area contributed by atoms with Crippen molar-refractivity contribution in [1.82, 2.24) is 5.32 Å². The highest BCUT2D eigenvalue weighted by atomic mass is 16.5. The van der Waals surface area contributed by atoms with Gasteiger partial charge >= 0.3 is 0 Å². The van der Waals surface area contributed by atoms with Gasteiger partial charge in [-0.05, 0) is 63.4 Å². The third kappa shape index (κ3) is 6.12. The molecule has 28 heavy (non-hydrogen) atoms. The molecule has 2 aromatic rings. The number of hydrogen-bond acceptors (Lipinski definition) is 3. The fraction of sp³-hybridized carbons (Fsp3) is 0.391. The minimum Gasteiger partial charge on any atom is -0.481 e. The van der Waals surface area contributed by atoms with Crippen LogP contribution in [0.4, 0.5) is 5.69 Å². The Bertz CT molecular complexity index is 807. The summed E-state index contributed by atoms with van der Waals surface area (Å²) in [5.74, 6) is 0.142. The van der Waals surface area contributed by atoms with Crippen LogP contribution in [-0.4, -0.2) is 23.5 Å². The van der Waals surface area contributed by atoms with E-state index >= 15 is 0 Å². The van der Waals surface area contributed by atoms with Crippen LogP contribution in [0.25, 0.3) is 0 Å². The molecular weight excluding hydrogens is 352 g/mol. The number of para-hydroxylation sites is 1. The highest BCUT2D eigenvalue weighted by molar-refractivity contribution is 6.04. The van der Waals surface area contributed by atoms with Gasteiger partial charge in [0.2, 0.25) is 0 Å². The summed E-state index contributed by atoms with van der Waals surface area (Å²) in [6, 6.07) is 14.7. The molecule has 0 aliphatic rings. The Morgan fingerprint density at radius 3 is 2.21 bits per heavy atom. The average molecular weight is 383 g/mol. The predicted octanol–water partition coefficient (Wildman–Crippen LogP) is 4.57. The van der Waals surface area contributed by atoms with Crippen molar-refractivity contribution in [3.8, 4) is 5.75 Å². The molecule has 150 valence electrons. The van der Waals surface area contributed by atoms with E-state index in [1.54, 1.807) is 24.3 Å². The van der Waals surface area contributed by atoms with Crippen molar-refractivity contribution in [2.24, 2.45) is 0 Å². The largest absolute Gasteiger partial charge is 0.481 e. The van der Waals surface area contributed by atoms with Crippen LogP contribution < -0.4 is 15.4 Å². The molecule has 0 saturated carbocycles. The molecule has 2 amide bonds. The first-order chi connectivity index (χ1) is 13.2. The molecular formula is C23H30N2O3. The van der Waals surface area contributed by atoms with Gasteiger partial charge in [-0.3, -0.25) is 9.59 Å². The van der Waals surface area contributed by atoms with Crippen molar-refractivity contribution < 1.29 is 14.3 Å². The summed E-state index contributed by atoms with van der Waals surface area (Å²) in [5, 5.41) is 5.77. The first-order valence-electron chi connectivity index (χ1n) is 9.71. The number of rotatable bonds is 7. The van der Waals surface area contributed by atoms with Crippen LogP contribution in [0.15, 0.2) is 48.5 Å². The second-order valence-electron chi connectivity index (χ2n) is 7.75. The van der Waals surface area contributed by atoms with E-state index in [1.807, 2.05) is 52.0 Å². The summed E-state index contributed by atoms with van der Waals surface area (Å²) in [7, 11) is 0. The summed E-state index contributed by atoms with van der Waals surface area (Å²) in [6.07, 6.45) is 0.814. The second kappa shape index (κ2) is 9.40. The number of nitrogens with one attached hydrogen (secondary N) is 2.